The zero-order valence-corrected chi connectivity index (χ0v) is 10.2. The van der Waals surface area contributed by atoms with E-state index < -0.39 is 0 Å². The summed E-state index contributed by atoms with van der Waals surface area (Å²) in [5.74, 6) is 0.806. The van der Waals surface area contributed by atoms with Gasteiger partial charge >= 0.3 is 0 Å². The second-order valence-corrected chi connectivity index (χ2v) is 4.37. The van der Waals surface area contributed by atoms with E-state index in [9.17, 15) is 0 Å². The van der Waals surface area contributed by atoms with Crippen LogP contribution in [0.2, 0.25) is 0 Å². The van der Waals surface area contributed by atoms with E-state index in [0.717, 1.165) is 31.9 Å². The van der Waals surface area contributed by atoms with Crippen LogP contribution in [0.1, 0.15) is 27.2 Å². The molecule has 13 heavy (non-hydrogen) atoms. The van der Waals surface area contributed by atoms with Crippen LogP contribution in [0.5, 0.6) is 0 Å². The first kappa shape index (κ1) is 13.3. The first-order valence-corrected chi connectivity index (χ1v) is 5.57. The second-order valence-electron chi connectivity index (χ2n) is 3.92. The maximum atomic E-state index is 5.38. The average Bonchev–Trinajstić information content (AvgIpc) is 2.12. The van der Waals surface area contributed by atoms with Crippen LogP contribution in [-0.2, 0) is 4.74 Å². The standard InChI is InChI=1S/C10H23NOS/c1-5-10(2,3)11(4)6-7-12-8-9-13/h13H,5-9H2,1-4H3. The fourth-order valence-electron chi connectivity index (χ4n) is 0.941. The van der Waals surface area contributed by atoms with Gasteiger partial charge in [0.15, 0.2) is 0 Å². The molecule has 0 radical (unpaired) electrons. The van der Waals surface area contributed by atoms with Crippen molar-refractivity contribution in [3.8, 4) is 0 Å². The fraction of sp³-hybridized carbons (Fsp3) is 1.00. The molecule has 0 saturated carbocycles. The maximum Gasteiger partial charge on any atom is 0.0593 e. The van der Waals surface area contributed by atoms with Gasteiger partial charge in [0.1, 0.15) is 0 Å². The fourth-order valence-corrected chi connectivity index (χ4v) is 1.07. The number of hydrogen-bond donors (Lipinski definition) is 1. The van der Waals surface area contributed by atoms with Crippen LogP contribution in [0, 0.1) is 0 Å². The third kappa shape index (κ3) is 5.55. The molecule has 0 unspecified atom stereocenters. The summed E-state index contributed by atoms with van der Waals surface area (Å²) >= 11 is 4.08. The Bertz CT molecular complexity index is 128. The van der Waals surface area contributed by atoms with E-state index in [0.29, 0.717) is 0 Å². The smallest absolute Gasteiger partial charge is 0.0593 e. The van der Waals surface area contributed by atoms with Crippen molar-refractivity contribution in [2.45, 2.75) is 32.7 Å². The molecule has 0 rings (SSSR count). The first-order valence-electron chi connectivity index (χ1n) is 4.94. The highest BCUT2D eigenvalue weighted by Gasteiger charge is 2.20. The van der Waals surface area contributed by atoms with Gasteiger partial charge in [0.25, 0.3) is 0 Å². The van der Waals surface area contributed by atoms with E-state index in [1.54, 1.807) is 0 Å². The van der Waals surface area contributed by atoms with E-state index in [-0.39, 0.29) is 5.54 Å². The van der Waals surface area contributed by atoms with Gasteiger partial charge in [0.2, 0.25) is 0 Å². The molecule has 0 heterocycles. The summed E-state index contributed by atoms with van der Waals surface area (Å²) in [5.41, 5.74) is 0.282. The third-order valence-electron chi connectivity index (χ3n) is 2.71. The molecular formula is C10H23NOS. The Morgan fingerprint density at radius 3 is 2.38 bits per heavy atom. The molecule has 2 nitrogen and oxygen atoms in total. The topological polar surface area (TPSA) is 12.5 Å². The number of hydrogen-bond acceptors (Lipinski definition) is 3. The lowest BCUT2D eigenvalue weighted by Gasteiger charge is -2.34. The number of nitrogens with zero attached hydrogens (tertiary/aromatic N) is 1. The van der Waals surface area contributed by atoms with Gasteiger partial charge in [-0.1, -0.05) is 6.92 Å². The van der Waals surface area contributed by atoms with Crippen LogP contribution in [0.15, 0.2) is 0 Å². The van der Waals surface area contributed by atoms with Crippen molar-refractivity contribution in [1.29, 1.82) is 0 Å². The maximum absolute atomic E-state index is 5.38. The summed E-state index contributed by atoms with van der Waals surface area (Å²) in [6.45, 7) is 9.28. The molecule has 0 spiro atoms. The molecule has 0 amide bonds. The van der Waals surface area contributed by atoms with Gasteiger partial charge in [-0.2, -0.15) is 12.6 Å². The van der Waals surface area contributed by atoms with Crippen LogP contribution in [-0.4, -0.2) is 43.0 Å². The lowest BCUT2D eigenvalue weighted by Crippen LogP contribution is -2.42. The summed E-state index contributed by atoms with van der Waals surface area (Å²) in [6, 6.07) is 0. The summed E-state index contributed by atoms with van der Waals surface area (Å²) in [4.78, 5) is 2.34. The van der Waals surface area contributed by atoms with Gasteiger partial charge in [-0.3, -0.25) is 4.90 Å². The van der Waals surface area contributed by atoms with Crippen LogP contribution < -0.4 is 0 Å². The van der Waals surface area contributed by atoms with Crippen LogP contribution in [0.3, 0.4) is 0 Å². The molecule has 0 N–H and O–H groups in total. The molecule has 0 saturated heterocycles. The summed E-state index contributed by atoms with van der Waals surface area (Å²) in [7, 11) is 2.15. The van der Waals surface area contributed by atoms with Gasteiger partial charge in [-0.25, -0.2) is 0 Å². The van der Waals surface area contributed by atoms with Crippen molar-refractivity contribution in [3.63, 3.8) is 0 Å². The molecular weight excluding hydrogens is 182 g/mol. The van der Waals surface area contributed by atoms with E-state index in [1.165, 1.54) is 0 Å². The number of thiol groups is 1. The van der Waals surface area contributed by atoms with E-state index in [4.69, 9.17) is 4.74 Å². The summed E-state index contributed by atoms with van der Waals surface area (Å²) < 4.78 is 5.38. The van der Waals surface area contributed by atoms with E-state index >= 15 is 0 Å². The Kier molecular flexibility index (Phi) is 6.82. The van der Waals surface area contributed by atoms with Crippen molar-refractivity contribution in [1.82, 2.24) is 4.90 Å². The molecule has 0 atom stereocenters. The van der Waals surface area contributed by atoms with Crippen molar-refractivity contribution in [3.05, 3.63) is 0 Å². The molecule has 0 aliphatic rings. The van der Waals surface area contributed by atoms with Crippen molar-refractivity contribution >= 4 is 12.6 Å². The summed E-state index contributed by atoms with van der Waals surface area (Å²) in [5, 5.41) is 0. The molecule has 0 aromatic carbocycles. The predicted molar refractivity (Wildman–Crippen MR) is 61.7 cm³/mol. The Morgan fingerprint density at radius 2 is 1.92 bits per heavy atom. The van der Waals surface area contributed by atoms with E-state index in [1.807, 2.05) is 0 Å². The van der Waals surface area contributed by atoms with Crippen LogP contribution in [0.4, 0.5) is 0 Å². The zero-order valence-electron chi connectivity index (χ0n) is 9.34. The van der Waals surface area contributed by atoms with E-state index in [2.05, 4.69) is 45.3 Å². The average molecular weight is 205 g/mol. The zero-order chi connectivity index (χ0) is 10.3. The lowest BCUT2D eigenvalue weighted by atomic mass is 10.0. The minimum Gasteiger partial charge on any atom is -0.379 e. The molecule has 80 valence electrons. The highest BCUT2D eigenvalue weighted by molar-refractivity contribution is 7.80. The number of ether oxygens (including phenoxy) is 1. The Labute approximate surface area is 88.1 Å². The number of rotatable bonds is 7. The molecule has 0 bridgehead atoms. The quantitative estimate of drug-likeness (QED) is 0.504. The monoisotopic (exact) mass is 205 g/mol. The second kappa shape index (κ2) is 6.68. The SMILES string of the molecule is CCC(C)(C)N(C)CCOCCS. The van der Waals surface area contributed by atoms with Crippen molar-refractivity contribution in [2.75, 3.05) is 32.6 Å². The van der Waals surface area contributed by atoms with Gasteiger partial charge in [-0.05, 0) is 27.3 Å². The highest BCUT2D eigenvalue weighted by Crippen LogP contribution is 2.15. The van der Waals surface area contributed by atoms with Crippen LogP contribution >= 0.6 is 12.6 Å². The van der Waals surface area contributed by atoms with Gasteiger partial charge in [-0.15, -0.1) is 0 Å². The molecule has 0 aromatic heterocycles. The van der Waals surface area contributed by atoms with Crippen LogP contribution in [0.25, 0.3) is 0 Å². The van der Waals surface area contributed by atoms with Crippen molar-refractivity contribution < 1.29 is 4.74 Å². The van der Waals surface area contributed by atoms with Gasteiger partial charge in [0.05, 0.1) is 13.2 Å². The highest BCUT2D eigenvalue weighted by atomic mass is 32.1. The molecule has 0 aliphatic heterocycles. The Hall–Kier alpha value is 0.270. The van der Waals surface area contributed by atoms with Crippen molar-refractivity contribution in [2.24, 2.45) is 0 Å². The van der Waals surface area contributed by atoms with Gasteiger partial charge < -0.3 is 4.74 Å². The van der Waals surface area contributed by atoms with Gasteiger partial charge in [0, 0.05) is 17.8 Å². The molecule has 0 aliphatic carbocycles. The molecule has 0 aromatic rings. The third-order valence-corrected chi connectivity index (χ3v) is 2.89. The molecule has 3 heteroatoms. The summed E-state index contributed by atoms with van der Waals surface area (Å²) in [6.07, 6.45) is 1.16. The normalized spacial score (nSPS) is 12.5. The largest absolute Gasteiger partial charge is 0.379 e. The predicted octanol–water partition coefficient (Wildman–Crippen LogP) is 2.05. The molecule has 0 fully saturated rings. The first-order chi connectivity index (χ1) is 6.04. The Balaban J connectivity index is 3.55. The Morgan fingerprint density at radius 1 is 1.31 bits per heavy atom. The minimum absolute atomic E-state index is 0.282. The minimum atomic E-state index is 0.282. The number of likely N-dealkylation sites (N-methyl/N-ethyl adjacent to an activating group) is 1. The lowest BCUT2D eigenvalue weighted by molar-refractivity contribution is 0.0799.